The Labute approximate surface area is 120 Å². The van der Waals surface area contributed by atoms with E-state index < -0.39 is 6.10 Å². The van der Waals surface area contributed by atoms with Crippen molar-refractivity contribution in [1.29, 1.82) is 0 Å². The summed E-state index contributed by atoms with van der Waals surface area (Å²) in [5, 5.41) is 0. The molecule has 0 radical (unpaired) electrons. The fourth-order valence-electron chi connectivity index (χ4n) is 4.64. The van der Waals surface area contributed by atoms with Crippen LogP contribution < -0.4 is 0 Å². The highest BCUT2D eigenvalue weighted by atomic mass is 16.5. The van der Waals surface area contributed by atoms with E-state index in [2.05, 4.69) is 20.8 Å². The standard InChI is InChI=1S/C17H24O3/c1-9-12-6-17(3,4)7-13(12)14(8-18)11-5-15(9)20-16(11)10(2)19/h8-9,11-12,15-16H,5-7H2,1-4H3. The highest BCUT2D eigenvalue weighted by Gasteiger charge is 2.51. The van der Waals surface area contributed by atoms with Gasteiger partial charge in [0, 0.05) is 5.92 Å². The molecule has 2 fully saturated rings. The van der Waals surface area contributed by atoms with Crippen LogP contribution in [0.25, 0.3) is 0 Å². The molecule has 3 nitrogen and oxygen atoms in total. The van der Waals surface area contributed by atoms with Gasteiger partial charge in [0.2, 0.25) is 0 Å². The summed E-state index contributed by atoms with van der Waals surface area (Å²) in [7, 11) is 0. The Morgan fingerprint density at radius 1 is 1.35 bits per heavy atom. The van der Waals surface area contributed by atoms with Gasteiger partial charge in [0.05, 0.1) is 6.10 Å². The van der Waals surface area contributed by atoms with Crippen LogP contribution in [0.15, 0.2) is 11.1 Å². The number of fused-ring (bicyclic) bond motifs is 3. The van der Waals surface area contributed by atoms with E-state index in [1.54, 1.807) is 6.92 Å². The van der Waals surface area contributed by atoms with E-state index in [0.717, 1.165) is 31.1 Å². The van der Waals surface area contributed by atoms with Crippen molar-refractivity contribution in [2.75, 3.05) is 0 Å². The van der Waals surface area contributed by atoms with E-state index in [1.807, 2.05) is 0 Å². The molecule has 0 aromatic carbocycles. The zero-order valence-corrected chi connectivity index (χ0v) is 12.8. The maximum absolute atomic E-state index is 11.8. The van der Waals surface area contributed by atoms with Crippen molar-refractivity contribution < 1.29 is 14.3 Å². The third-order valence-electron chi connectivity index (χ3n) is 5.58. The van der Waals surface area contributed by atoms with Gasteiger partial charge in [-0.1, -0.05) is 26.3 Å². The lowest BCUT2D eigenvalue weighted by atomic mass is 9.83. The van der Waals surface area contributed by atoms with Gasteiger partial charge in [0.15, 0.2) is 5.78 Å². The average Bonchev–Trinajstić information content (AvgIpc) is 2.89. The number of ketones is 1. The molecule has 2 bridgehead atoms. The number of carbonyl (C=O) groups is 2. The minimum atomic E-state index is -0.403. The summed E-state index contributed by atoms with van der Waals surface area (Å²) in [6.45, 7) is 8.35. The second-order valence-electron chi connectivity index (χ2n) is 7.66. The Balaban J connectivity index is 2.09. The van der Waals surface area contributed by atoms with E-state index in [0.29, 0.717) is 11.8 Å². The molecule has 2 aliphatic carbocycles. The smallest absolute Gasteiger partial charge is 0.159 e. The summed E-state index contributed by atoms with van der Waals surface area (Å²) >= 11 is 0. The number of allylic oxidation sites excluding steroid dienone is 1. The maximum Gasteiger partial charge on any atom is 0.159 e. The third kappa shape index (κ3) is 1.98. The Morgan fingerprint density at radius 2 is 2.05 bits per heavy atom. The largest absolute Gasteiger partial charge is 0.366 e. The molecular weight excluding hydrogens is 252 g/mol. The molecule has 0 N–H and O–H groups in total. The summed E-state index contributed by atoms with van der Waals surface area (Å²) < 4.78 is 6.00. The number of carbonyl (C=O) groups excluding carboxylic acids is 2. The number of Topliss-reactive ketones (excluding diaryl/α,β-unsaturated/α-hetero) is 1. The number of aldehydes is 1. The van der Waals surface area contributed by atoms with Crippen molar-refractivity contribution >= 4 is 12.1 Å². The van der Waals surface area contributed by atoms with Crippen molar-refractivity contribution in [2.24, 2.45) is 23.2 Å². The Hall–Kier alpha value is -0.960. The molecule has 1 heterocycles. The van der Waals surface area contributed by atoms with Crippen LogP contribution in [0.4, 0.5) is 0 Å². The lowest BCUT2D eigenvalue weighted by molar-refractivity contribution is -0.130. The Morgan fingerprint density at radius 3 is 2.65 bits per heavy atom. The molecule has 1 saturated heterocycles. The van der Waals surface area contributed by atoms with Gasteiger partial charge in [-0.25, -0.2) is 0 Å². The van der Waals surface area contributed by atoms with Crippen LogP contribution in [-0.2, 0) is 14.3 Å². The van der Waals surface area contributed by atoms with E-state index in [4.69, 9.17) is 4.74 Å². The van der Waals surface area contributed by atoms with Crippen LogP contribution in [0.3, 0.4) is 0 Å². The summed E-state index contributed by atoms with van der Waals surface area (Å²) in [5.74, 6) is 0.899. The van der Waals surface area contributed by atoms with Gasteiger partial charge in [0.1, 0.15) is 12.4 Å². The first-order valence-electron chi connectivity index (χ1n) is 7.68. The summed E-state index contributed by atoms with van der Waals surface area (Å²) in [4.78, 5) is 23.5. The molecule has 20 heavy (non-hydrogen) atoms. The first-order chi connectivity index (χ1) is 9.34. The molecule has 5 atom stereocenters. The summed E-state index contributed by atoms with van der Waals surface area (Å²) in [6, 6.07) is 0. The lowest BCUT2D eigenvalue weighted by Gasteiger charge is -2.28. The van der Waals surface area contributed by atoms with Crippen molar-refractivity contribution in [3.63, 3.8) is 0 Å². The number of hydrogen-bond donors (Lipinski definition) is 0. The molecule has 0 spiro atoms. The lowest BCUT2D eigenvalue weighted by Crippen LogP contribution is -2.31. The van der Waals surface area contributed by atoms with Crippen LogP contribution in [0.1, 0.15) is 47.0 Å². The molecule has 110 valence electrons. The van der Waals surface area contributed by atoms with Gasteiger partial charge in [-0.2, -0.15) is 0 Å². The quantitative estimate of drug-likeness (QED) is 0.728. The molecule has 1 saturated carbocycles. The van der Waals surface area contributed by atoms with Crippen molar-refractivity contribution in [1.82, 2.24) is 0 Å². The normalized spacial score (nSPS) is 42.3. The topological polar surface area (TPSA) is 43.4 Å². The first kappa shape index (κ1) is 14.0. The van der Waals surface area contributed by atoms with Gasteiger partial charge in [0.25, 0.3) is 0 Å². The van der Waals surface area contributed by atoms with Crippen molar-refractivity contribution in [3.8, 4) is 0 Å². The molecule has 0 aromatic rings. The highest BCUT2D eigenvalue weighted by Crippen LogP contribution is 2.55. The zero-order chi connectivity index (χ0) is 14.7. The highest BCUT2D eigenvalue weighted by molar-refractivity contribution is 5.85. The van der Waals surface area contributed by atoms with Crippen LogP contribution >= 0.6 is 0 Å². The van der Waals surface area contributed by atoms with Gasteiger partial charge >= 0.3 is 0 Å². The average molecular weight is 276 g/mol. The maximum atomic E-state index is 11.8. The van der Waals surface area contributed by atoms with Crippen LogP contribution in [0.5, 0.6) is 0 Å². The van der Waals surface area contributed by atoms with Crippen molar-refractivity contribution in [3.05, 3.63) is 11.1 Å². The molecule has 1 aliphatic heterocycles. The van der Waals surface area contributed by atoms with E-state index in [1.165, 1.54) is 5.57 Å². The van der Waals surface area contributed by atoms with Crippen LogP contribution in [0.2, 0.25) is 0 Å². The number of hydrogen-bond acceptors (Lipinski definition) is 3. The second kappa shape index (κ2) is 4.52. The summed E-state index contributed by atoms with van der Waals surface area (Å²) in [5.41, 5.74) is 2.46. The van der Waals surface area contributed by atoms with Gasteiger partial charge < -0.3 is 4.74 Å². The molecule has 5 unspecified atom stereocenters. The predicted molar refractivity (Wildman–Crippen MR) is 76.2 cm³/mol. The zero-order valence-electron chi connectivity index (χ0n) is 12.8. The number of ether oxygens (including phenoxy) is 1. The second-order valence-corrected chi connectivity index (χ2v) is 7.66. The first-order valence-corrected chi connectivity index (χ1v) is 7.68. The predicted octanol–water partition coefficient (Wildman–Crippen LogP) is 2.93. The Kier molecular flexibility index (Phi) is 3.16. The number of rotatable bonds is 2. The van der Waals surface area contributed by atoms with E-state index >= 15 is 0 Å². The molecule has 3 aliphatic rings. The minimum absolute atomic E-state index is 0.00801. The minimum Gasteiger partial charge on any atom is -0.366 e. The van der Waals surface area contributed by atoms with E-state index in [9.17, 15) is 9.59 Å². The Bertz CT molecular complexity index is 488. The molecule has 3 rings (SSSR count). The van der Waals surface area contributed by atoms with Crippen LogP contribution in [-0.4, -0.2) is 24.3 Å². The van der Waals surface area contributed by atoms with Gasteiger partial charge in [-0.15, -0.1) is 0 Å². The van der Waals surface area contributed by atoms with E-state index in [-0.39, 0.29) is 23.2 Å². The molecular formula is C17H24O3. The van der Waals surface area contributed by atoms with Gasteiger partial charge in [-0.05, 0) is 49.0 Å². The summed E-state index contributed by atoms with van der Waals surface area (Å²) in [6.07, 6.45) is 3.68. The third-order valence-corrected chi connectivity index (χ3v) is 5.58. The SMILES string of the molecule is CC(=O)C1OC2CC1C(C=O)=C1CC(C)(C)CC1C2C. The fourth-order valence-corrected chi connectivity index (χ4v) is 4.64. The fraction of sp³-hybridized carbons (Fsp3) is 0.765. The van der Waals surface area contributed by atoms with Crippen LogP contribution in [0, 0.1) is 23.2 Å². The van der Waals surface area contributed by atoms with Crippen molar-refractivity contribution in [2.45, 2.75) is 59.2 Å². The molecule has 3 heteroatoms. The monoisotopic (exact) mass is 276 g/mol. The van der Waals surface area contributed by atoms with Gasteiger partial charge in [-0.3, -0.25) is 9.59 Å². The molecule has 0 amide bonds. The molecule has 0 aromatic heterocycles.